The van der Waals surface area contributed by atoms with E-state index in [4.69, 9.17) is 11.6 Å². The van der Waals surface area contributed by atoms with Crippen LogP contribution >= 0.6 is 22.9 Å². The average Bonchev–Trinajstić information content (AvgIpc) is 2.31. The van der Waals surface area contributed by atoms with E-state index in [1.54, 1.807) is 0 Å². The van der Waals surface area contributed by atoms with Crippen LogP contribution in [-0.4, -0.2) is 0 Å². The maximum atomic E-state index is 12.0. The molecule has 1 aromatic heterocycles. The fourth-order valence-corrected chi connectivity index (χ4v) is 1.77. The number of alkyl halides is 4. The van der Waals surface area contributed by atoms with Crippen molar-refractivity contribution in [1.29, 1.82) is 0 Å². The van der Waals surface area contributed by atoms with E-state index >= 15 is 0 Å². The highest BCUT2D eigenvalue weighted by Crippen LogP contribution is 2.35. The first-order valence-electron chi connectivity index (χ1n) is 2.75. The zero-order chi connectivity index (χ0) is 8.48. The van der Waals surface area contributed by atoms with Crippen molar-refractivity contribution in [3.8, 4) is 0 Å². The summed E-state index contributed by atoms with van der Waals surface area (Å²) in [7, 11) is 0. The van der Waals surface area contributed by atoms with E-state index in [-0.39, 0.29) is 10.8 Å². The predicted molar refractivity (Wildman–Crippen MR) is 38.9 cm³/mol. The van der Waals surface area contributed by atoms with Crippen molar-refractivity contribution in [3.05, 3.63) is 21.9 Å². The molecule has 0 aliphatic carbocycles. The summed E-state index contributed by atoms with van der Waals surface area (Å²) in [5, 5.41) is 1.39. The Kier molecular flexibility index (Phi) is 2.44. The van der Waals surface area contributed by atoms with Crippen molar-refractivity contribution in [2.24, 2.45) is 0 Å². The van der Waals surface area contributed by atoms with Gasteiger partial charge in [0.25, 0.3) is 0 Å². The van der Waals surface area contributed by atoms with Crippen molar-refractivity contribution in [3.63, 3.8) is 0 Å². The average molecular weight is 201 g/mol. The maximum absolute atomic E-state index is 12.0. The molecule has 0 aliphatic rings. The summed E-state index contributed by atoms with van der Waals surface area (Å²) in [6.07, 6.45) is -4.26. The van der Waals surface area contributed by atoms with E-state index < -0.39 is 11.7 Å². The Bertz CT molecular complexity index is 240. The van der Waals surface area contributed by atoms with Gasteiger partial charge in [-0.25, -0.2) is 0 Å². The summed E-state index contributed by atoms with van der Waals surface area (Å²) in [6.45, 7) is 0. The number of thiophene rings is 1. The van der Waals surface area contributed by atoms with Crippen LogP contribution < -0.4 is 0 Å². The van der Waals surface area contributed by atoms with Crippen LogP contribution in [0.4, 0.5) is 13.2 Å². The van der Waals surface area contributed by atoms with Gasteiger partial charge in [-0.15, -0.1) is 22.9 Å². The molecule has 0 N–H and O–H groups in total. The normalized spacial score (nSPS) is 12.0. The van der Waals surface area contributed by atoms with Gasteiger partial charge >= 0.3 is 6.18 Å². The molecule has 0 saturated carbocycles. The highest BCUT2D eigenvalue weighted by Gasteiger charge is 2.33. The van der Waals surface area contributed by atoms with E-state index in [2.05, 4.69) is 0 Å². The van der Waals surface area contributed by atoms with E-state index in [1.165, 1.54) is 5.38 Å². The Hall–Kier alpha value is -0.220. The van der Waals surface area contributed by atoms with Crippen LogP contribution in [0, 0.1) is 0 Å². The highest BCUT2D eigenvalue weighted by atomic mass is 35.5. The van der Waals surface area contributed by atoms with Gasteiger partial charge in [0.05, 0.1) is 11.4 Å². The first-order chi connectivity index (χ1) is 5.05. The van der Waals surface area contributed by atoms with Crippen molar-refractivity contribution in [2.75, 3.05) is 0 Å². The lowest BCUT2D eigenvalue weighted by Crippen LogP contribution is -2.05. The van der Waals surface area contributed by atoms with Crippen molar-refractivity contribution in [2.45, 2.75) is 12.1 Å². The molecular weight excluding hydrogens is 197 g/mol. The minimum atomic E-state index is -4.26. The van der Waals surface area contributed by atoms with E-state index in [1.807, 2.05) is 0 Å². The van der Waals surface area contributed by atoms with Crippen LogP contribution in [0.15, 0.2) is 11.4 Å². The van der Waals surface area contributed by atoms with E-state index in [0.29, 0.717) is 0 Å². The monoisotopic (exact) mass is 200 g/mol. The molecule has 11 heavy (non-hydrogen) atoms. The van der Waals surface area contributed by atoms with E-state index in [9.17, 15) is 13.2 Å². The van der Waals surface area contributed by atoms with Crippen molar-refractivity contribution in [1.82, 2.24) is 0 Å². The first-order valence-corrected chi connectivity index (χ1v) is 4.16. The standard InChI is InChI=1S/C6H4ClF3S/c7-3-5-4(1-2-11-5)6(8,9)10/h1-2H,3H2. The van der Waals surface area contributed by atoms with Crippen molar-refractivity contribution < 1.29 is 13.2 Å². The van der Waals surface area contributed by atoms with Gasteiger partial charge in [0.15, 0.2) is 0 Å². The third kappa shape index (κ3) is 1.87. The maximum Gasteiger partial charge on any atom is 0.417 e. The third-order valence-corrected chi connectivity index (χ3v) is 2.52. The molecule has 1 rings (SSSR count). The molecule has 0 atom stereocenters. The summed E-state index contributed by atoms with van der Waals surface area (Å²) >= 11 is 6.31. The topological polar surface area (TPSA) is 0 Å². The Labute approximate surface area is 70.6 Å². The lowest BCUT2D eigenvalue weighted by atomic mass is 10.3. The lowest BCUT2D eigenvalue weighted by Gasteiger charge is -2.04. The van der Waals surface area contributed by atoms with Gasteiger partial charge in [0, 0.05) is 4.88 Å². The van der Waals surface area contributed by atoms with Gasteiger partial charge in [-0.05, 0) is 11.4 Å². The first kappa shape index (κ1) is 8.87. The molecule has 0 aromatic carbocycles. The molecule has 0 bridgehead atoms. The third-order valence-electron chi connectivity index (χ3n) is 1.17. The SMILES string of the molecule is FC(F)(F)c1ccsc1CCl. The van der Waals surface area contributed by atoms with Crippen LogP contribution in [0.3, 0.4) is 0 Å². The second kappa shape index (κ2) is 3.03. The molecule has 5 heteroatoms. The molecule has 62 valence electrons. The highest BCUT2D eigenvalue weighted by molar-refractivity contribution is 7.10. The Balaban J connectivity index is 3.02. The number of hydrogen-bond donors (Lipinski definition) is 0. The van der Waals surface area contributed by atoms with Gasteiger partial charge in [-0.3, -0.25) is 0 Å². The Morgan fingerprint density at radius 1 is 1.45 bits per heavy atom. The molecular formula is C6H4ClF3S. The molecule has 0 unspecified atom stereocenters. The second-order valence-corrected chi connectivity index (χ2v) is 3.16. The second-order valence-electron chi connectivity index (χ2n) is 1.89. The van der Waals surface area contributed by atoms with Crippen LogP contribution in [0.5, 0.6) is 0 Å². The van der Waals surface area contributed by atoms with Crippen LogP contribution in [-0.2, 0) is 12.1 Å². The van der Waals surface area contributed by atoms with Crippen LogP contribution in [0.25, 0.3) is 0 Å². The summed E-state index contributed by atoms with van der Waals surface area (Å²) in [4.78, 5) is 0.180. The molecule has 0 amide bonds. The molecule has 1 aromatic rings. The Morgan fingerprint density at radius 2 is 2.09 bits per heavy atom. The zero-order valence-electron chi connectivity index (χ0n) is 5.28. The summed E-state index contributed by atoms with van der Waals surface area (Å²) in [5.41, 5.74) is -0.613. The van der Waals surface area contributed by atoms with Gasteiger partial charge in [-0.2, -0.15) is 13.2 Å². The smallest absolute Gasteiger partial charge is 0.166 e. The van der Waals surface area contributed by atoms with Gasteiger partial charge in [0.1, 0.15) is 0 Å². The van der Waals surface area contributed by atoms with Gasteiger partial charge < -0.3 is 0 Å². The minimum absolute atomic E-state index is 0.0769. The van der Waals surface area contributed by atoms with Gasteiger partial charge in [-0.1, -0.05) is 0 Å². The zero-order valence-corrected chi connectivity index (χ0v) is 6.85. The predicted octanol–water partition coefficient (Wildman–Crippen LogP) is 3.51. The van der Waals surface area contributed by atoms with Crippen molar-refractivity contribution >= 4 is 22.9 Å². The summed E-state index contributed by atoms with van der Waals surface area (Å²) in [6, 6.07) is 1.04. The molecule has 1 heterocycles. The number of halogens is 4. The van der Waals surface area contributed by atoms with Crippen LogP contribution in [0.2, 0.25) is 0 Å². The quantitative estimate of drug-likeness (QED) is 0.609. The molecule has 0 fully saturated rings. The van der Waals surface area contributed by atoms with E-state index in [0.717, 1.165) is 17.4 Å². The van der Waals surface area contributed by atoms with Crippen LogP contribution in [0.1, 0.15) is 10.4 Å². The molecule has 0 spiro atoms. The molecule has 0 aliphatic heterocycles. The van der Waals surface area contributed by atoms with Gasteiger partial charge in [0.2, 0.25) is 0 Å². The number of rotatable bonds is 1. The lowest BCUT2D eigenvalue weighted by molar-refractivity contribution is -0.137. The minimum Gasteiger partial charge on any atom is -0.166 e. The fraction of sp³-hybridized carbons (Fsp3) is 0.333. The molecule has 0 saturated heterocycles. The fourth-order valence-electron chi connectivity index (χ4n) is 0.697. The molecule has 0 radical (unpaired) electrons. The summed E-state index contributed by atoms with van der Waals surface area (Å²) < 4.78 is 36.1. The summed E-state index contributed by atoms with van der Waals surface area (Å²) in [5.74, 6) is -0.0769. The number of hydrogen-bond acceptors (Lipinski definition) is 1. The largest absolute Gasteiger partial charge is 0.417 e. The Morgan fingerprint density at radius 3 is 2.45 bits per heavy atom. The molecule has 0 nitrogen and oxygen atoms in total.